The number of aromatic carboxylic acids is 1. The topological polar surface area (TPSA) is 58.0 Å². The molecule has 1 aromatic carbocycles. The molecule has 0 spiro atoms. The van der Waals surface area contributed by atoms with Crippen LogP contribution in [-0.2, 0) is 7.05 Å². The summed E-state index contributed by atoms with van der Waals surface area (Å²) in [5.74, 6) is -1.30. The number of nitrogens with one attached hydrogen (secondary N) is 1. The van der Waals surface area contributed by atoms with Crippen LogP contribution in [0.5, 0.6) is 0 Å². The predicted octanol–water partition coefficient (Wildman–Crippen LogP) is 2.50. The van der Waals surface area contributed by atoms with Crippen LogP contribution in [0.25, 0.3) is 21.9 Å². The zero-order valence-corrected chi connectivity index (χ0v) is 8.99. The zero-order chi connectivity index (χ0) is 12.2. The van der Waals surface area contributed by atoms with Crippen molar-refractivity contribution < 1.29 is 14.3 Å². The number of hydrogen-bond donors (Lipinski definition) is 2. The van der Waals surface area contributed by atoms with E-state index in [1.165, 1.54) is 12.1 Å². The average molecular weight is 232 g/mol. The van der Waals surface area contributed by atoms with E-state index in [0.717, 1.165) is 10.9 Å². The second-order valence-electron chi connectivity index (χ2n) is 3.97. The van der Waals surface area contributed by atoms with Gasteiger partial charge >= 0.3 is 5.97 Å². The molecule has 0 aliphatic heterocycles. The van der Waals surface area contributed by atoms with Crippen LogP contribution in [0.4, 0.5) is 4.39 Å². The van der Waals surface area contributed by atoms with E-state index in [2.05, 4.69) is 4.98 Å². The van der Waals surface area contributed by atoms with Crippen LogP contribution in [0.15, 0.2) is 24.3 Å². The summed E-state index contributed by atoms with van der Waals surface area (Å²) in [5, 5.41) is 9.82. The third-order valence-electron chi connectivity index (χ3n) is 2.96. The van der Waals surface area contributed by atoms with Gasteiger partial charge in [-0.1, -0.05) is 0 Å². The van der Waals surface area contributed by atoms with Crippen molar-refractivity contribution >= 4 is 27.9 Å². The summed E-state index contributed by atoms with van der Waals surface area (Å²) >= 11 is 0. The number of rotatable bonds is 1. The number of fused-ring (bicyclic) bond motifs is 3. The highest BCUT2D eigenvalue weighted by atomic mass is 19.1. The minimum atomic E-state index is -0.979. The first-order valence-electron chi connectivity index (χ1n) is 5.08. The SMILES string of the molecule is Cn1c(C(=O)O)cc2[nH]c3cc(F)ccc3c21. The fourth-order valence-corrected chi connectivity index (χ4v) is 2.20. The lowest BCUT2D eigenvalue weighted by Crippen LogP contribution is -2.03. The number of aromatic nitrogens is 2. The average Bonchev–Trinajstić information content (AvgIpc) is 2.75. The molecule has 2 heterocycles. The number of nitrogens with zero attached hydrogens (tertiary/aromatic N) is 1. The number of carbonyl (C=O) groups is 1. The second kappa shape index (κ2) is 3.10. The van der Waals surface area contributed by atoms with E-state index in [9.17, 15) is 9.18 Å². The molecule has 0 aliphatic rings. The summed E-state index contributed by atoms with van der Waals surface area (Å²) in [4.78, 5) is 14.0. The molecule has 0 bridgehead atoms. The van der Waals surface area contributed by atoms with Crippen molar-refractivity contribution in [2.24, 2.45) is 7.05 Å². The number of H-pyrrole nitrogens is 1. The predicted molar refractivity (Wildman–Crippen MR) is 61.7 cm³/mol. The summed E-state index contributed by atoms with van der Waals surface area (Å²) < 4.78 is 14.7. The number of halogens is 1. The Balaban J connectivity index is 2.46. The molecule has 2 aromatic heterocycles. The van der Waals surface area contributed by atoms with Crippen molar-refractivity contribution in [1.29, 1.82) is 0 Å². The Bertz CT molecular complexity index is 755. The lowest BCUT2D eigenvalue weighted by atomic mass is 10.2. The van der Waals surface area contributed by atoms with Crippen molar-refractivity contribution in [1.82, 2.24) is 9.55 Å². The molecule has 5 heteroatoms. The molecule has 4 nitrogen and oxygen atoms in total. The van der Waals surface area contributed by atoms with E-state index in [1.807, 2.05) is 0 Å². The third kappa shape index (κ3) is 1.25. The van der Waals surface area contributed by atoms with Crippen LogP contribution in [0.3, 0.4) is 0 Å². The van der Waals surface area contributed by atoms with E-state index in [1.54, 1.807) is 23.7 Å². The quantitative estimate of drug-likeness (QED) is 0.677. The van der Waals surface area contributed by atoms with Crippen molar-refractivity contribution in [3.8, 4) is 0 Å². The van der Waals surface area contributed by atoms with E-state index in [4.69, 9.17) is 5.11 Å². The van der Waals surface area contributed by atoms with Crippen LogP contribution in [0.2, 0.25) is 0 Å². The van der Waals surface area contributed by atoms with E-state index < -0.39 is 5.97 Å². The van der Waals surface area contributed by atoms with Gasteiger partial charge in [-0.25, -0.2) is 9.18 Å². The van der Waals surface area contributed by atoms with Crippen LogP contribution in [-0.4, -0.2) is 20.6 Å². The molecule has 86 valence electrons. The minimum Gasteiger partial charge on any atom is -0.477 e. The van der Waals surface area contributed by atoms with Gasteiger partial charge in [-0.2, -0.15) is 0 Å². The van der Waals surface area contributed by atoms with Gasteiger partial charge in [-0.15, -0.1) is 0 Å². The van der Waals surface area contributed by atoms with Gasteiger partial charge in [0.15, 0.2) is 0 Å². The van der Waals surface area contributed by atoms with Gasteiger partial charge in [0.05, 0.1) is 16.6 Å². The van der Waals surface area contributed by atoms with Crippen molar-refractivity contribution in [2.75, 3.05) is 0 Å². The van der Waals surface area contributed by atoms with Gasteiger partial charge < -0.3 is 14.7 Å². The van der Waals surface area contributed by atoms with Gasteiger partial charge in [0, 0.05) is 12.4 Å². The van der Waals surface area contributed by atoms with E-state index >= 15 is 0 Å². The summed E-state index contributed by atoms with van der Waals surface area (Å²) in [6.45, 7) is 0. The maximum Gasteiger partial charge on any atom is 0.352 e. The molecule has 2 N–H and O–H groups in total. The molecule has 0 saturated carbocycles. The molecular formula is C12H9FN2O2. The highest BCUT2D eigenvalue weighted by Crippen LogP contribution is 2.28. The largest absolute Gasteiger partial charge is 0.477 e. The van der Waals surface area contributed by atoms with Gasteiger partial charge in [0.25, 0.3) is 0 Å². The number of aromatic amines is 1. The molecular weight excluding hydrogens is 223 g/mol. The summed E-state index contributed by atoms with van der Waals surface area (Å²) in [6, 6.07) is 5.96. The number of hydrogen-bond acceptors (Lipinski definition) is 1. The maximum absolute atomic E-state index is 13.1. The lowest BCUT2D eigenvalue weighted by molar-refractivity contribution is 0.0687. The number of aryl methyl sites for hydroxylation is 1. The summed E-state index contributed by atoms with van der Waals surface area (Å²) in [5.41, 5.74) is 2.35. The lowest BCUT2D eigenvalue weighted by Gasteiger charge is -1.99. The van der Waals surface area contributed by atoms with Crippen molar-refractivity contribution in [3.63, 3.8) is 0 Å². The molecule has 0 aliphatic carbocycles. The number of carboxylic acids is 1. The smallest absolute Gasteiger partial charge is 0.352 e. The normalized spacial score (nSPS) is 11.4. The monoisotopic (exact) mass is 232 g/mol. The molecule has 0 unspecified atom stereocenters. The summed E-state index contributed by atoms with van der Waals surface area (Å²) in [6.07, 6.45) is 0. The Morgan fingerprint density at radius 3 is 2.82 bits per heavy atom. The molecule has 0 amide bonds. The Hall–Kier alpha value is -2.30. The Morgan fingerprint density at radius 2 is 2.12 bits per heavy atom. The first-order chi connectivity index (χ1) is 8.08. The molecule has 3 aromatic rings. The fourth-order valence-electron chi connectivity index (χ4n) is 2.20. The first-order valence-corrected chi connectivity index (χ1v) is 5.08. The maximum atomic E-state index is 13.1. The molecule has 0 saturated heterocycles. The molecule has 0 fully saturated rings. The Kier molecular flexibility index (Phi) is 1.80. The number of benzene rings is 1. The molecule has 17 heavy (non-hydrogen) atoms. The van der Waals surface area contributed by atoms with Gasteiger partial charge in [-0.3, -0.25) is 0 Å². The summed E-state index contributed by atoms with van der Waals surface area (Å²) in [7, 11) is 1.68. The van der Waals surface area contributed by atoms with E-state index in [0.29, 0.717) is 11.0 Å². The second-order valence-corrected chi connectivity index (χ2v) is 3.97. The Labute approximate surface area is 95.3 Å². The molecule has 0 atom stereocenters. The zero-order valence-electron chi connectivity index (χ0n) is 8.99. The van der Waals surface area contributed by atoms with Crippen molar-refractivity contribution in [2.45, 2.75) is 0 Å². The van der Waals surface area contributed by atoms with Gasteiger partial charge in [0.1, 0.15) is 11.5 Å². The standard InChI is InChI=1S/C12H9FN2O2/c1-15-10(12(16)17)5-9-11(15)7-3-2-6(13)4-8(7)14-9/h2-5,14H,1H3,(H,16,17). The van der Waals surface area contributed by atoms with Crippen LogP contribution >= 0.6 is 0 Å². The van der Waals surface area contributed by atoms with Crippen LogP contribution in [0.1, 0.15) is 10.5 Å². The van der Waals surface area contributed by atoms with Crippen molar-refractivity contribution in [3.05, 3.63) is 35.8 Å². The molecule has 0 radical (unpaired) electrons. The number of carboxylic acid groups (broad SMARTS) is 1. The first kappa shape index (κ1) is 9.89. The fraction of sp³-hybridized carbons (Fsp3) is 0.0833. The van der Waals surface area contributed by atoms with E-state index in [-0.39, 0.29) is 11.5 Å². The van der Waals surface area contributed by atoms with Gasteiger partial charge in [-0.05, 0) is 24.3 Å². The highest BCUT2D eigenvalue weighted by molar-refractivity contribution is 6.08. The third-order valence-corrected chi connectivity index (χ3v) is 2.96. The highest BCUT2D eigenvalue weighted by Gasteiger charge is 2.16. The van der Waals surface area contributed by atoms with Crippen LogP contribution < -0.4 is 0 Å². The van der Waals surface area contributed by atoms with Gasteiger partial charge in [0.2, 0.25) is 0 Å². The van der Waals surface area contributed by atoms with Crippen LogP contribution in [0, 0.1) is 5.82 Å². The minimum absolute atomic E-state index is 0.206. The molecule has 3 rings (SSSR count). The Morgan fingerprint density at radius 1 is 1.35 bits per heavy atom.